The van der Waals surface area contributed by atoms with E-state index in [4.69, 9.17) is 9.47 Å². The number of hydrogen-bond acceptors (Lipinski definition) is 5. The van der Waals surface area contributed by atoms with Crippen molar-refractivity contribution in [3.63, 3.8) is 0 Å². The van der Waals surface area contributed by atoms with E-state index in [9.17, 15) is 4.79 Å². The lowest BCUT2D eigenvalue weighted by atomic mass is 10.1. The van der Waals surface area contributed by atoms with Crippen molar-refractivity contribution >= 4 is 11.7 Å². The van der Waals surface area contributed by atoms with Crippen molar-refractivity contribution in [2.24, 2.45) is 5.92 Å². The van der Waals surface area contributed by atoms with Gasteiger partial charge in [-0.2, -0.15) is 0 Å². The molecule has 1 aliphatic rings. The first-order valence-electron chi connectivity index (χ1n) is 10.2. The number of esters is 1. The minimum absolute atomic E-state index is 0.0473. The van der Waals surface area contributed by atoms with E-state index in [1.165, 1.54) is 7.11 Å². The summed E-state index contributed by atoms with van der Waals surface area (Å²) in [4.78, 5) is 18.6. The predicted octanol–water partition coefficient (Wildman–Crippen LogP) is 4.64. The number of carbonyl (C=O) groups excluding carboxylic acids is 1. The lowest BCUT2D eigenvalue weighted by Crippen LogP contribution is -2.23. The maximum atomic E-state index is 11.8. The lowest BCUT2D eigenvalue weighted by molar-refractivity contribution is -0.144. The van der Waals surface area contributed by atoms with E-state index in [2.05, 4.69) is 40.2 Å². The Morgan fingerprint density at radius 3 is 2.57 bits per heavy atom. The zero-order valence-corrected chi connectivity index (χ0v) is 17.4. The van der Waals surface area contributed by atoms with Crippen LogP contribution in [0.5, 0.6) is 5.88 Å². The fourth-order valence-electron chi connectivity index (χ4n) is 3.79. The molecule has 0 saturated carbocycles. The monoisotopic (exact) mass is 402 g/mol. The van der Waals surface area contributed by atoms with Gasteiger partial charge in [-0.3, -0.25) is 4.79 Å². The van der Waals surface area contributed by atoms with Crippen molar-refractivity contribution in [2.75, 3.05) is 25.1 Å². The van der Waals surface area contributed by atoms with Gasteiger partial charge in [0.05, 0.1) is 13.0 Å². The Hall–Kier alpha value is -3.34. The van der Waals surface area contributed by atoms with Gasteiger partial charge in [-0.25, -0.2) is 4.98 Å². The molecular weight excluding hydrogens is 376 g/mol. The minimum Gasteiger partial charge on any atom is -0.472 e. The molecule has 1 atom stereocenters. The molecule has 1 fully saturated rings. The molecule has 0 amide bonds. The van der Waals surface area contributed by atoms with Crippen LogP contribution in [0.15, 0.2) is 66.7 Å². The van der Waals surface area contributed by atoms with Gasteiger partial charge in [0.2, 0.25) is 5.88 Å². The van der Waals surface area contributed by atoms with E-state index in [-0.39, 0.29) is 11.9 Å². The summed E-state index contributed by atoms with van der Waals surface area (Å²) in [7, 11) is 1.45. The minimum atomic E-state index is -0.125. The molecule has 2 aromatic carbocycles. The summed E-state index contributed by atoms with van der Waals surface area (Å²) in [6, 6.07) is 22.5. The first-order valence-corrected chi connectivity index (χ1v) is 10.2. The average Bonchev–Trinajstić information content (AvgIpc) is 3.28. The highest BCUT2D eigenvalue weighted by molar-refractivity contribution is 5.75. The smallest absolute Gasteiger partial charge is 0.310 e. The second-order valence-electron chi connectivity index (χ2n) is 7.58. The molecule has 1 aromatic heterocycles. The molecule has 1 saturated heterocycles. The van der Waals surface area contributed by atoms with Crippen LogP contribution in [-0.2, 0) is 16.1 Å². The van der Waals surface area contributed by atoms with Crippen molar-refractivity contribution in [1.82, 2.24) is 4.98 Å². The fraction of sp³-hybridized carbons (Fsp3) is 0.280. The van der Waals surface area contributed by atoms with Gasteiger partial charge >= 0.3 is 5.97 Å². The third-order valence-electron chi connectivity index (χ3n) is 5.48. The van der Waals surface area contributed by atoms with Gasteiger partial charge in [0.15, 0.2) is 0 Å². The summed E-state index contributed by atoms with van der Waals surface area (Å²) in [5.74, 6) is 0.465. The number of aryl methyl sites for hydroxylation is 1. The second kappa shape index (κ2) is 8.99. The highest BCUT2D eigenvalue weighted by atomic mass is 16.5. The summed E-state index contributed by atoms with van der Waals surface area (Å²) in [5, 5.41) is 0. The van der Waals surface area contributed by atoms with Crippen molar-refractivity contribution in [2.45, 2.75) is 20.0 Å². The van der Waals surface area contributed by atoms with Crippen molar-refractivity contribution in [3.8, 4) is 17.0 Å². The van der Waals surface area contributed by atoms with Gasteiger partial charge in [-0.1, -0.05) is 42.5 Å². The molecule has 4 rings (SSSR count). The maximum Gasteiger partial charge on any atom is 0.310 e. The fourth-order valence-corrected chi connectivity index (χ4v) is 3.79. The van der Waals surface area contributed by atoms with Gasteiger partial charge in [0.25, 0.3) is 0 Å². The third kappa shape index (κ3) is 4.46. The Morgan fingerprint density at radius 2 is 1.83 bits per heavy atom. The highest BCUT2D eigenvalue weighted by Crippen LogP contribution is 2.32. The Bertz CT molecular complexity index is 1000. The molecule has 2 heterocycles. The predicted molar refractivity (Wildman–Crippen MR) is 118 cm³/mol. The molecule has 154 valence electrons. The average molecular weight is 402 g/mol. The zero-order chi connectivity index (χ0) is 20.9. The molecule has 5 heteroatoms. The first kappa shape index (κ1) is 20.0. The van der Waals surface area contributed by atoms with Crippen LogP contribution in [0.2, 0.25) is 0 Å². The summed E-state index contributed by atoms with van der Waals surface area (Å²) in [6.07, 6.45) is 0.827. The van der Waals surface area contributed by atoms with Gasteiger partial charge < -0.3 is 14.4 Å². The number of carbonyl (C=O) groups is 1. The molecular formula is C25H26N2O3. The number of hydrogen-bond donors (Lipinski definition) is 0. The number of aromatic nitrogens is 1. The molecule has 1 aliphatic heterocycles. The van der Waals surface area contributed by atoms with Crippen molar-refractivity contribution in [1.29, 1.82) is 0 Å². The number of nitrogens with zero attached hydrogens (tertiary/aromatic N) is 2. The Labute approximate surface area is 177 Å². The topological polar surface area (TPSA) is 51.7 Å². The molecule has 0 spiro atoms. The largest absolute Gasteiger partial charge is 0.472 e. The van der Waals surface area contributed by atoms with Gasteiger partial charge in [0, 0.05) is 30.0 Å². The van der Waals surface area contributed by atoms with Crippen LogP contribution in [0.1, 0.15) is 17.7 Å². The van der Waals surface area contributed by atoms with Gasteiger partial charge in [-0.15, -0.1) is 0 Å². The van der Waals surface area contributed by atoms with E-state index in [1.807, 2.05) is 43.3 Å². The van der Waals surface area contributed by atoms with Crippen LogP contribution < -0.4 is 9.64 Å². The molecule has 0 N–H and O–H groups in total. The van der Waals surface area contributed by atoms with Gasteiger partial charge in [-0.05, 0) is 48.7 Å². The van der Waals surface area contributed by atoms with Crippen molar-refractivity contribution < 1.29 is 14.3 Å². The van der Waals surface area contributed by atoms with E-state index in [0.29, 0.717) is 19.0 Å². The van der Waals surface area contributed by atoms with Crippen LogP contribution in [-0.4, -0.2) is 31.2 Å². The molecule has 3 aromatic rings. The van der Waals surface area contributed by atoms with E-state index >= 15 is 0 Å². The van der Waals surface area contributed by atoms with Crippen LogP contribution in [0.3, 0.4) is 0 Å². The van der Waals surface area contributed by atoms with Crippen molar-refractivity contribution in [3.05, 3.63) is 78.0 Å². The molecule has 0 radical (unpaired) electrons. The summed E-state index contributed by atoms with van der Waals surface area (Å²) >= 11 is 0. The van der Waals surface area contributed by atoms with Crippen LogP contribution in [0, 0.1) is 12.8 Å². The number of pyridine rings is 1. The van der Waals surface area contributed by atoms with Crippen LogP contribution in [0.4, 0.5) is 5.69 Å². The summed E-state index contributed by atoms with van der Waals surface area (Å²) in [5.41, 5.74) is 5.16. The molecule has 0 unspecified atom stereocenters. The lowest BCUT2D eigenvalue weighted by Gasteiger charge is -2.19. The first-order chi connectivity index (χ1) is 14.6. The Kier molecular flexibility index (Phi) is 5.98. The Balaban J connectivity index is 1.51. The highest BCUT2D eigenvalue weighted by Gasteiger charge is 2.29. The standard InChI is InChI=1S/C25H26N2O3/c1-18-8-13-23(24(26-18)30-17-19-6-4-3-5-7-19)20-9-11-22(12-10-20)27-15-14-21(16-27)25(28)29-2/h3-13,21H,14-17H2,1-2H3/t21-/m1/s1. The Morgan fingerprint density at radius 1 is 1.07 bits per heavy atom. The molecule has 30 heavy (non-hydrogen) atoms. The number of ether oxygens (including phenoxy) is 2. The third-order valence-corrected chi connectivity index (χ3v) is 5.48. The molecule has 0 bridgehead atoms. The molecule has 5 nitrogen and oxygen atoms in total. The SMILES string of the molecule is COC(=O)[C@@H]1CCN(c2ccc(-c3ccc(C)nc3OCc3ccccc3)cc2)C1. The second-order valence-corrected chi connectivity index (χ2v) is 7.58. The van der Waals surface area contributed by atoms with Crippen LogP contribution in [0.25, 0.3) is 11.1 Å². The summed E-state index contributed by atoms with van der Waals surface area (Å²) < 4.78 is 11.0. The van der Waals surface area contributed by atoms with Gasteiger partial charge in [0.1, 0.15) is 6.61 Å². The number of anilines is 1. The number of benzene rings is 2. The van der Waals surface area contributed by atoms with E-state index in [0.717, 1.165) is 41.0 Å². The van der Waals surface area contributed by atoms with Crippen LogP contribution >= 0.6 is 0 Å². The molecule has 0 aliphatic carbocycles. The quantitative estimate of drug-likeness (QED) is 0.563. The maximum absolute atomic E-state index is 11.8. The normalized spacial score (nSPS) is 15.8. The number of rotatable bonds is 6. The van der Waals surface area contributed by atoms with E-state index < -0.39 is 0 Å². The summed E-state index contributed by atoms with van der Waals surface area (Å²) in [6.45, 7) is 4.00. The number of methoxy groups -OCH3 is 1. The zero-order valence-electron chi connectivity index (χ0n) is 17.4. The van der Waals surface area contributed by atoms with E-state index in [1.54, 1.807) is 0 Å².